The number of Topliss-reactive ketones (excluding diaryl/α,β-unsaturated/α-hetero) is 1. The van der Waals surface area contributed by atoms with Crippen molar-refractivity contribution in [1.29, 1.82) is 0 Å². The molecule has 40 heavy (non-hydrogen) atoms. The molecule has 1 heterocycles. The summed E-state index contributed by atoms with van der Waals surface area (Å²) in [4.78, 5) is 29.6. The second kappa shape index (κ2) is 9.48. The van der Waals surface area contributed by atoms with Gasteiger partial charge in [-0.15, -0.1) is 0 Å². The third kappa shape index (κ3) is 3.45. The van der Waals surface area contributed by atoms with E-state index in [1.54, 1.807) is 18.2 Å². The third-order valence-electron chi connectivity index (χ3n) is 7.73. The number of ketones is 1. The first-order chi connectivity index (χ1) is 19.7. The molecule has 5 aromatic rings. The van der Waals surface area contributed by atoms with E-state index in [4.69, 9.17) is 4.74 Å². The van der Waals surface area contributed by atoms with Crippen molar-refractivity contribution in [2.45, 2.75) is 0 Å². The lowest BCUT2D eigenvalue weighted by Crippen LogP contribution is -2.46. The molecule has 3 nitrogen and oxygen atoms in total. The molecule has 0 saturated heterocycles. The lowest BCUT2D eigenvalue weighted by atomic mass is 9.65. The van der Waals surface area contributed by atoms with Crippen molar-refractivity contribution in [1.82, 2.24) is 0 Å². The van der Waals surface area contributed by atoms with Crippen LogP contribution < -0.4 is 4.74 Å². The fourth-order valence-corrected chi connectivity index (χ4v) is 6.11. The summed E-state index contributed by atoms with van der Waals surface area (Å²) in [6, 6.07) is 46.6. The summed E-state index contributed by atoms with van der Waals surface area (Å²) >= 11 is 0. The monoisotopic (exact) mass is 516 g/mol. The molecule has 7 rings (SSSR count). The summed E-state index contributed by atoms with van der Waals surface area (Å²) < 4.78 is 6.08. The zero-order chi connectivity index (χ0) is 27.1. The summed E-state index contributed by atoms with van der Waals surface area (Å²) in [6.45, 7) is 0. The van der Waals surface area contributed by atoms with E-state index in [0.717, 1.165) is 33.4 Å². The number of hydrogen-bond acceptors (Lipinski definition) is 3. The minimum Gasteiger partial charge on any atom is -0.424 e. The van der Waals surface area contributed by atoms with Gasteiger partial charge in [-0.2, -0.15) is 0 Å². The molecule has 5 aromatic carbocycles. The largest absolute Gasteiger partial charge is 0.424 e. The second-order valence-corrected chi connectivity index (χ2v) is 9.93. The summed E-state index contributed by atoms with van der Waals surface area (Å²) in [5.74, 6) is -0.581. The van der Waals surface area contributed by atoms with Gasteiger partial charge < -0.3 is 4.74 Å². The van der Waals surface area contributed by atoms with Gasteiger partial charge >= 0.3 is 5.97 Å². The predicted molar refractivity (Wildman–Crippen MR) is 158 cm³/mol. The number of carbonyl (C=O) groups is 2. The summed E-state index contributed by atoms with van der Waals surface area (Å²) in [7, 11) is 0. The summed E-state index contributed by atoms with van der Waals surface area (Å²) in [5, 5.41) is 0. The van der Waals surface area contributed by atoms with Crippen LogP contribution in [0.3, 0.4) is 0 Å². The van der Waals surface area contributed by atoms with E-state index in [-0.39, 0.29) is 11.5 Å². The van der Waals surface area contributed by atoms with Gasteiger partial charge in [0.05, 0.1) is 5.56 Å². The number of esters is 1. The first kappa shape index (κ1) is 23.8. The standard InChI is InChI=1S/C37H24O3/c38-35-29-23-13-14-24-30(29)40-36(39)37(35)33(27-19-9-3-10-20-27)31(25-15-5-1-6-16-25)32(26-17-7-2-8-18-26)34(37)28-21-11-4-12-22-28/h1-24H. The fraction of sp³-hybridized carbons (Fsp3) is 0.0270. The Morgan fingerprint density at radius 3 is 1.25 bits per heavy atom. The number of fused-ring (bicyclic) bond motifs is 1. The van der Waals surface area contributed by atoms with Crippen LogP contribution in [-0.2, 0) is 4.79 Å². The zero-order valence-corrected chi connectivity index (χ0v) is 21.6. The Balaban J connectivity index is 1.72. The molecule has 0 N–H and O–H groups in total. The average molecular weight is 517 g/mol. The van der Waals surface area contributed by atoms with Gasteiger partial charge in [0.1, 0.15) is 5.75 Å². The Bertz CT molecular complexity index is 1720. The molecule has 0 fully saturated rings. The maximum absolute atomic E-state index is 15.0. The van der Waals surface area contributed by atoms with Gasteiger partial charge in [0, 0.05) is 0 Å². The van der Waals surface area contributed by atoms with Crippen molar-refractivity contribution in [2.24, 2.45) is 5.41 Å². The molecular formula is C37H24O3. The second-order valence-electron chi connectivity index (χ2n) is 9.93. The van der Waals surface area contributed by atoms with E-state index in [9.17, 15) is 4.79 Å². The molecule has 0 atom stereocenters. The van der Waals surface area contributed by atoms with Crippen molar-refractivity contribution in [3.63, 3.8) is 0 Å². The van der Waals surface area contributed by atoms with Gasteiger partial charge in [0.2, 0.25) is 0 Å². The number of benzene rings is 5. The van der Waals surface area contributed by atoms with Crippen LogP contribution in [0.25, 0.3) is 22.3 Å². The quantitative estimate of drug-likeness (QED) is 0.138. The molecule has 0 saturated carbocycles. The highest BCUT2D eigenvalue weighted by molar-refractivity contribution is 6.44. The summed E-state index contributed by atoms with van der Waals surface area (Å²) in [6.07, 6.45) is 0. The van der Waals surface area contributed by atoms with Gasteiger partial charge in [0.25, 0.3) is 0 Å². The lowest BCUT2D eigenvalue weighted by Gasteiger charge is -2.36. The van der Waals surface area contributed by atoms with Gasteiger partial charge in [-0.1, -0.05) is 133 Å². The molecule has 190 valence electrons. The number of carbonyl (C=O) groups excluding carboxylic acids is 2. The maximum Gasteiger partial charge on any atom is 0.334 e. The van der Waals surface area contributed by atoms with Gasteiger partial charge in [-0.25, -0.2) is 4.79 Å². The van der Waals surface area contributed by atoms with Crippen molar-refractivity contribution in [3.8, 4) is 5.75 Å². The molecular weight excluding hydrogens is 492 g/mol. The topological polar surface area (TPSA) is 43.4 Å². The van der Waals surface area contributed by atoms with Crippen LogP contribution in [0.1, 0.15) is 32.6 Å². The van der Waals surface area contributed by atoms with E-state index in [2.05, 4.69) is 0 Å². The van der Waals surface area contributed by atoms with Crippen molar-refractivity contribution in [2.75, 3.05) is 0 Å². The Labute approximate surface area is 232 Å². The highest BCUT2D eigenvalue weighted by atomic mass is 16.5. The van der Waals surface area contributed by atoms with Crippen LogP contribution in [0.4, 0.5) is 0 Å². The number of hydrogen-bond donors (Lipinski definition) is 0. The number of rotatable bonds is 4. The number of allylic oxidation sites excluding steroid dienone is 2. The smallest absolute Gasteiger partial charge is 0.334 e. The van der Waals surface area contributed by atoms with E-state index in [0.29, 0.717) is 16.7 Å². The summed E-state index contributed by atoms with van der Waals surface area (Å²) in [5.41, 5.74) is 5.09. The average Bonchev–Trinajstić information content (AvgIpc) is 3.35. The molecule has 1 spiro atoms. The molecule has 3 heteroatoms. The molecule has 2 aliphatic rings. The van der Waals surface area contributed by atoms with E-state index in [1.807, 2.05) is 127 Å². The molecule has 0 radical (unpaired) electrons. The first-order valence-corrected chi connectivity index (χ1v) is 13.3. The van der Waals surface area contributed by atoms with Gasteiger partial charge in [-0.3, -0.25) is 4.79 Å². The molecule has 0 unspecified atom stereocenters. The van der Waals surface area contributed by atoms with Crippen LogP contribution in [0.5, 0.6) is 5.75 Å². The van der Waals surface area contributed by atoms with Crippen LogP contribution in [0.15, 0.2) is 146 Å². The molecule has 1 aliphatic heterocycles. The predicted octanol–water partition coefficient (Wildman–Crippen LogP) is 8.01. The molecule has 0 bridgehead atoms. The first-order valence-electron chi connectivity index (χ1n) is 13.3. The van der Waals surface area contributed by atoms with Gasteiger partial charge in [-0.05, 0) is 56.7 Å². The fourth-order valence-electron chi connectivity index (χ4n) is 6.11. The minimum atomic E-state index is -1.71. The molecule has 0 amide bonds. The van der Waals surface area contributed by atoms with E-state index in [1.165, 1.54) is 0 Å². The van der Waals surface area contributed by atoms with Crippen LogP contribution >= 0.6 is 0 Å². The lowest BCUT2D eigenvalue weighted by molar-refractivity contribution is -0.138. The highest BCUT2D eigenvalue weighted by Crippen LogP contribution is 2.64. The van der Waals surface area contributed by atoms with E-state index >= 15 is 4.79 Å². The van der Waals surface area contributed by atoms with Crippen LogP contribution in [0, 0.1) is 5.41 Å². The molecule has 0 aromatic heterocycles. The normalized spacial score (nSPS) is 15.8. The zero-order valence-electron chi connectivity index (χ0n) is 21.6. The number of ether oxygens (including phenoxy) is 1. The number of para-hydroxylation sites is 1. The molecule has 1 aliphatic carbocycles. The Hall–Kier alpha value is -5.28. The third-order valence-corrected chi connectivity index (χ3v) is 7.73. The van der Waals surface area contributed by atoms with Crippen molar-refractivity contribution in [3.05, 3.63) is 173 Å². The highest BCUT2D eigenvalue weighted by Gasteiger charge is 2.62. The van der Waals surface area contributed by atoms with Crippen LogP contribution in [-0.4, -0.2) is 11.8 Å². The Morgan fingerprint density at radius 2 is 0.800 bits per heavy atom. The van der Waals surface area contributed by atoms with Crippen molar-refractivity contribution < 1.29 is 14.3 Å². The van der Waals surface area contributed by atoms with Gasteiger partial charge in [0.15, 0.2) is 11.2 Å². The Kier molecular flexibility index (Phi) is 5.64. The SMILES string of the molecule is O=C1Oc2ccccc2C(=O)C12C(c1ccccc1)=C(c1ccccc1)C(c1ccccc1)=C2c1ccccc1. The van der Waals surface area contributed by atoms with E-state index < -0.39 is 11.4 Å². The van der Waals surface area contributed by atoms with Crippen LogP contribution in [0.2, 0.25) is 0 Å². The van der Waals surface area contributed by atoms with Crippen molar-refractivity contribution >= 4 is 34.0 Å². The Morgan fingerprint density at radius 1 is 0.425 bits per heavy atom. The minimum absolute atomic E-state index is 0.281. The maximum atomic E-state index is 15.0.